The van der Waals surface area contributed by atoms with Crippen LogP contribution in [-0.2, 0) is 5.41 Å². The minimum absolute atomic E-state index is 0.0393. The van der Waals surface area contributed by atoms with Gasteiger partial charge in [-0.15, -0.1) is 0 Å². The van der Waals surface area contributed by atoms with Crippen molar-refractivity contribution < 1.29 is 4.42 Å². The zero-order chi connectivity index (χ0) is 17.7. The Morgan fingerprint density at radius 2 is 1.58 bits per heavy atom. The molecule has 2 heterocycles. The number of fused-ring (bicyclic) bond motifs is 3. The Labute approximate surface area is 151 Å². The maximum Gasteiger partial charge on any atom is 0.166 e. The zero-order valence-electron chi connectivity index (χ0n) is 14.6. The van der Waals surface area contributed by atoms with Gasteiger partial charge in [0.25, 0.3) is 0 Å². The average molecular weight is 339 g/mol. The molecule has 126 valence electrons. The Bertz CT molecular complexity index is 1110. The molecule has 0 N–H and O–H groups in total. The molecule has 0 aliphatic heterocycles. The molecule has 0 unspecified atom stereocenters. The van der Waals surface area contributed by atoms with Crippen molar-refractivity contribution in [1.82, 2.24) is 15.0 Å². The predicted molar refractivity (Wildman–Crippen MR) is 101 cm³/mol. The molecule has 0 amide bonds. The summed E-state index contributed by atoms with van der Waals surface area (Å²) in [5.74, 6) is 1.29. The van der Waals surface area contributed by atoms with Crippen molar-refractivity contribution in [2.45, 2.75) is 19.3 Å². The van der Waals surface area contributed by atoms with E-state index in [0.717, 1.165) is 11.1 Å². The van der Waals surface area contributed by atoms with E-state index in [2.05, 4.69) is 71.3 Å². The lowest BCUT2D eigenvalue weighted by Crippen LogP contribution is -2.15. The van der Waals surface area contributed by atoms with Crippen LogP contribution in [-0.4, -0.2) is 15.0 Å². The first kappa shape index (κ1) is 15.0. The molecule has 26 heavy (non-hydrogen) atoms. The highest BCUT2D eigenvalue weighted by atomic mass is 16.3. The molecule has 4 nitrogen and oxygen atoms in total. The minimum Gasteiger partial charge on any atom is -0.472 e. The quantitative estimate of drug-likeness (QED) is 0.509. The van der Waals surface area contributed by atoms with Gasteiger partial charge in [-0.05, 0) is 34.4 Å². The van der Waals surface area contributed by atoms with E-state index in [1.165, 1.54) is 22.3 Å². The fourth-order valence-electron chi connectivity index (χ4n) is 3.81. The molecular weight excluding hydrogens is 322 g/mol. The van der Waals surface area contributed by atoms with Crippen LogP contribution in [0.15, 0.2) is 71.8 Å². The number of hydrogen-bond donors (Lipinski definition) is 0. The number of hydrogen-bond acceptors (Lipinski definition) is 4. The molecule has 0 saturated carbocycles. The van der Waals surface area contributed by atoms with Gasteiger partial charge in [0.15, 0.2) is 11.6 Å². The third-order valence-corrected chi connectivity index (χ3v) is 5.19. The first-order valence-electron chi connectivity index (χ1n) is 8.61. The van der Waals surface area contributed by atoms with Crippen LogP contribution in [0.3, 0.4) is 0 Å². The van der Waals surface area contributed by atoms with Gasteiger partial charge in [-0.2, -0.15) is 0 Å². The molecule has 1 aliphatic rings. The molecule has 4 aromatic rings. The molecule has 0 fully saturated rings. The molecule has 0 radical (unpaired) electrons. The van der Waals surface area contributed by atoms with Gasteiger partial charge in [0.1, 0.15) is 12.6 Å². The normalized spacial score (nSPS) is 14.1. The molecular formula is C22H17N3O. The first-order valence-corrected chi connectivity index (χ1v) is 8.61. The van der Waals surface area contributed by atoms with E-state index >= 15 is 0 Å². The third-order valence-electron chi connectivity index (χ3n) is 5.19. The van der Waals surface area contributed by atoms with Crippen LogP contribution in [0.1, 0.15) is 25.0 Å². The molecule has 0 saturated heterocycles. The Morgan fingerprint density at radius 3 is 2.38 bits per heavy atom. The van der Waals surface area contributed by atoms with Crippen molar-refractivity contribution in [3.63, 3.8) is 0 Å². The highest BCUT2D eigenvalue weighted by Gasteiger charge is 2.35. The van der Waals surface area contributed by atoms with Crippen molar-refractivity contribution in [3.8, 4) is 33.9 Å². The summed E-state index contributed by atoms with van der Waals surface area (Å²) in [7, 11) is 0. The van der Waals surface area contributed by atoms with Crippen LogP contribution >= 0.6 is 0 Å². The minimum atomic E-state index is -0.0393. The fourth-order valence-corrected chi connectivity index (χ4v) is 3.81. The third kappa shape index (κ3) is 2.12. The molecule has 0 bridgehead atoms. The lowest BCUT2D eigenvalue weighted by Gasteiger charge is -2.21. The predicted octanol–water partition coefficient (Wildman–Crippen LogP) is 5.10. The molecule has 5 rings (SSSR count). The number of benzene rings is 2. The van der Waals surface area contributed by atoms with E-state index < -0.39 is 0 Å². The van der Waals surface area contributed by atoms with Gasteiger partial charge >= 0.3 is 0 Å². The molecule has 2 aromatic heterocycles. The summed E-state index contributed by atoms with van der Waals surface area (Å²) < 4.78 is 5.14. The van der Waals surface area contributed by atoms with Crippen molar-refractivity contribution in [3.05, 3.63) is 78.5 Å². The summed E-state index contributed by atoms with van der Waals surface area (Å²) in [6.07, 6.45) is 4.81. The van der Waals surface area contributed by atoms with Gasteiger partial charge < -0.3 is 4.42 Å². The highest BCUT2D eigenvalue weighted by molar-refractivity contribution is 5.82. The van der Waals surface area contributed by atoms with E-state index in [1.54, 1.807) is 18.9 Å². The van der Waals surface area contributed by atoms with Gasteiger partial charge in [-0.25, -0.2) is 15.0 Å². The van der Waals surface area contributed by atoms with E-state index in [9.17, 15) is 0 Å². The summed E-state index contributed by atoms with van der Waals surface area (Å²) >= 11 is 0. The van der Waals surface area contributed by atoms with Gasteiger partial charge in [-0.1, -0.05) is 50.2 Å². The second-order valence-electron chi connectivity index (χ2n) is 7.08. The van der Waals surface area contributed by atoms with Crippen LogP contribution in [0, 0.1) is 0 Å². The maximum atomic E-state index is 5.14. The molecule has 1 aliphatic carbocycles. The molecule has 4 heteroatoms. The van der Waals surface area contributed by atoms with Crippen LogP contribution < -0.4 is 0 Å². The first-order chi connectivity index (χ1) is 12.6. The van der Waals surface area contributed by atoms with Crippen molar-refractivity contribution in [2.75, 3.05) is 0 Å². The smallest absolute Gasteiger partial charge is 0.166 e. The lowest BCUT2D eigenvalue weighted by molar-refractivity contribution is 0.568. The van der Waals surface area contributed by atoms with Gasteiger partial charge in [0.2, 0.25) is 0 Å². The summed E-state index contributed by atoms with van der Waals surface area (Å²) in [5.41, 5.74) is 7.08. The second kappa shape index (κ2) is 5.36. The number of furan rings is 1. The van der Waals surface area contributed by atoms with Crippen molar-refractivity contribution in [1.29, 1.82) is 0 Å². The van der Waals surface area contributed by atoms with E-state index in [-0.39, 0.29) is 5.41 Å². The molecule has 0 atom stereocenters. The SMILES string of the molecule is CC1(C)c2ccccc2-c2ccc(-c3ncnc(-c4ccoc4)n3)cc21. The summed E-state index contributed by atoms with van der Waals surface area (Å²) in [4.78, 5) is 13.3. The summed E-state index contributed by atoms with van der Waals surface area (Å²) in [6.45, 7) is 4.54. The van der Waals surface area contributed by atoms with Crippen LogP contribution in [0.5, 0.6) is 0 Å². The number of rotatable bonds is 2. The summed E-state index contributed by atoms with van der Waals surface area (Å²) in [6, 6.07) is 16.9. The highest BCUT2D eigenvalue weighted by Crippen LogP contribution is 2.49. The topological polar surface area (TPSA) is 51.8 Å². The van der Waals surface area contributed by atoms with Gasteiger partial charge in [0, 0.05) is 11.0 Å². The monoisotopic (exact) mass is 339 g/mol. The number of nitrogens with zero attached hydrogens (tertiary/aromatic N) is 3. The van der Waals surface area contributed by atoms with Gasteiger partial charge in [-0.3, -0.25) is 0 Å². The average Bonchev–Trinajstić information content (AvgIpc) is 3.29. The number of aromatic nitrogens is 3. The Balaban J connectivity index is 1.64. The standard InChI is InChI=1S/C22H17N3O/c1-22(2)18-6-4-3-5-16(18)17-8-7-14(11-19(17)22)20-23-13-24-21(25-20)15-9-10-26-12-15/h3-13H,1-2H3. The largest absolute Gasteiger partial charge is 0.472 e. The van der Waals surface area contributed by atoms with E-state index in [0.29, 0.717) is 11.6 Å². The molecule has 2 aromatic carbocycles. The fraction of sp³-hybridized carbons (Fsp3) is 0.136. The summed E-state index contributed by atoms with van der Waals surface area (Å²) in [5, 5.41) is 0. The van der Waals surface area contributed by atoms with Crippen molar-refractivity contribution in [2.24, 2.45) is 0 Å². The maximum absolute atomic E-state index is 5.14. The Kier molecular flexibility index (Phi) is 3.10. The van der Waals surface area contributed by atoms with Crippen LogP contribution in [0.25, 0.3) is 33.9 Å². The second-order valence-corrected chi connectivity index (χ2v) is 7.08. The lowest BCUT2D eigenvalue weighted by atomic mass is 9.82. The Hall–Kier alpha value is -3.27. The van der Waals surface area contributed by atoms with Crippen LogP contribution in [0.4, 0.5) is 0 Å². The van der Waals surface area contributed by atoms with Crippen LogP contribution in [0.2, 0.25) is 0 Å². The Morgan fingerprint density at radius 1 is 0.808 bits per heavy atom. The zero-order valence-corrected chi connectivity index (χ0v) is 14.6. The molecule has 0 spiro atoms. The van der Waals surface area contributed by atoms with Crippen molar-refractivity contribution >= 4 is 0 Å². The van der Waals surface area contributed by atoms with Gasteiger partial charge in [0.05, 0.1) is 11.8 Å². The van der Waals surface area contributed by atoms with E-state index in [1.807, 2.05) is 6.07 Å². The van der Waals surface area contributed by atoms with E-state index in [4.69, 9.17) is 4.42 Å².